The van der Waals surface area contributed by atoms with Crippen molar-refractivity contribution < 1.29 is 4.42 Å². The smallest absolute Gasteiger partial charge is 0.332 e. The van der Waals surface area contributed by atoms with Crippen LogP contribution in [0.5, 0.6) is 0 Å². The van der Waals surface area contributed by atoms with Gasteiger partial charge in [-0.05, 0) is 132 Å². The number of imidazole rings is 7. The standard InChI is InChI=1S/C19H21N5O2.C18H23N5O3.C18H25N5O2.C16H23N5O2/c1-6-22-17(25)15-16(21(5)19(22)26)20-18-23(12(3)13(4)24(15)18)14-10-8-7-9-11(14)2;1-12(2)6-7-23-16(24)14-15(20(3)18(23)25)19-17-21(8-9-22(14)17)11-13-5-4-10-26-13;1-7-9-10-21-16(24)14-15(20(6)18(21)25)19-17-22(11(3)8-2)12(4)13(5)23(14)17;1-7-9(3)20-10(4)11(5)21-12-13(17-15(20)21)18(6)16(23)19(8-2)14(12)22/h7-10H,6H2,1-5H3;4-5,10,12H,6-9,11H2,1-3H3;7,9,11H,8,10H2,1-6H3;9H,7-8H2,1-6H3/b;;9-7+;. The van der Waals surface area contributed by atoms with Crippen molar-refractivity contribution in [2.75, 3.05) is 11.4 Å². The molecule has 29 nitrogen and oxygen atoms in total. The molecule has 0 saturated carbocycles. The Balaban J connectivity index is 0.000000135. The normalized spacial score (nSPS) is 13.1. The third-order valence-corrected chi connectivity index (χ3v) is 20.2. The number of rotatable bonds is 14. The van der Waals surface area contributed by atoms with E-state index < -0.39 is 0 Å². The fourth-order valence-corrected chi connectivity index (χ4v) is 13.7. The van der Waals surface area contributed by atoms with Crippen LogP contribution in [0.2, 0.25) is 0 Å². The topological polar surface area (TPSA) is 277 Å². The van der Waals surface area contributed by atoms with E-state index in [2.05, 4.69) is 75.5 Å². The molecule has 1 aliphatic rings. The summed E-state index contributed by atoms with van der Waals surface area (Å²) in [6.45, 7) is 35.6. The molecule has 100 heavy (non-hydrogen) atoms. The van der Waals surface area contributed by atoms with E-state index in [0.29, 0.717) is 95.0 Å². The Morgan fingerprint density at radius 1 is 0.500 bits per heavy atom. The van der Waals surface area contributed by atoms with Gasteiger partial charge < -0.3 is 23.0 Å². The zero-order valence-corrected chi connectivity index (χ0v) is 61.1. The van der Waals surface area contributed by atoms with Gasteiger partial charge in [0, 0.05) is 114 Å². The molecule has 12 aromatic heterocycles. The van der Waals surface area contributed by atoms with Crippen molar-refractivity contribution in [2.24, 2.45) is 34.1 Å². The average molecular weight is 1370 g/mol. The van der Waals surface area contributed by atoms with Gasteiger partial charge in [0.05, 0.1) is 18.5 Å². The van der Waals surface area contributed by atoms with Gasteiger partial charge in [-0.3, -0.25) is 73.5 Å². The summed E-state index contributed by atoms with van der Waals surface area (Å²) < 4.78 is 30.3. The van der Waals surface area contributed by atoms with Crippen LogP contribution in [0.1, 0.15) is 139 Å². The van der Waals surface area contributed by atoms with Gasteiger partial charge in [-0.15, -0.1) is 0 Å². The number of aryl methyl sites for hydroxylation is 8. The predicted octanol–water partition coefficient (Wildman–Crippen LogP) is 7.71. The fourth-order valence-electron chi connectivity index (χ4n) is 13.7. The van der Waals surface area contributed by atoms with Crippen LogP contribution in [0.15, 0.2) is 97.6 Å². The van der Waals surface area contributed by atoms with Crippen LogP contribution < -0.4 is 49.9 Å². The molecule has 530 valence electrons. The highest BCUT2D eigenvalue weighted by molar-refractivity contribution is 5.79. The molecule has 0 saturated heterocycles. The zero-order valence-electron chi connectivity index (χ0n) is 61.1. The number of fused-ring (bicyclic) bond motifs is 12. The van der Waals surface area contributed by atoms with Crippen LogP contribution in [0.25, 0.3) is 67.7 Å². The number of aromatic nitrogens is 19. The molecule has 0 fully saturated rings. The van der Waals surface area contributed by atoms with E-state index in [1.165, 1.54) is 36.5 Å². The van der Waals surface area contributed by atoms with Gasteiger partial charge in [-0.25, -0.2) is 19.2 Å². The lowest BCUT2D eigenvalue weighted by molar-refractivity contribution is 0.487. The van der Waals surface area contributed by atoms with Crippen LogP contribution in [-0.4, -0.2) is 94.5 Å². The lowest BCUT2D eigenvalue weighted by atomic mass is 10.1. The molecular formula is C71H92N20O9. The summed E-state index contributed by atoms with van der Waals surface area (Å²) in [7, 11) is 6.66. The van der Waals surface area contributed by atoms with Crippen molar-refractivity contribution in [3.63, 3.8) is 0 Å². The summed E-state index contributed by atoms with van der Waals surface area (Å²) >= 11 is 0. The third kappa shape index (κ3) is 11.2. The zero-order chi connectivity index (χ0) is 72.7. The Morgan fingerprint density at radius 2 is 0.940 bits per heavy atom. The van der Waals surface area contributed by atoms with Crippen molar-refractivity contribution in [3.05, 3.63) is 184 Å². The maximum absolute atomic E-state index is 13.0. The summed E-state index contributed by atoms with van der Waals surface area (Å²) in [5, 5.41) is 0. The van der Waals surface area contributed by atoms with Crippen LogP contribution >= 0.6 is 0 Å². The molecule has 0 radical (unpaired) electrons. The van der Waals surface area contributed by atoms with Gasteiger partial charge in [0.25, 0.3) is 22.2 Å². The molecule has 0 aliphatic carbocycles. The Bertz CT molecular complexity index is 5940. The highest BCUT2D eigenvalue weighted by Gasteiger charge is 2.31. The molecule has 1 aliphatic heterocycles. The average Bonchev–Trinajstić information content (AvgIpc) is 1.58. The largest absolute Gasteiger partial charge is 0.467 e. The number of benzene rings is 1. The summed E-state index contributed by atoms with van der Waals surface area (Å²) in [6.07, 6.45) is 7.98. The summed E-state index contributed by atoms with van der Waals surface area (Å²) in [4.78, 5) is 122. The Kier molecular flexibility index (Phi) is 19.2. The van der Waals surface area contributed by atoms with E-state index >= 15 is 0 Å². The molecule has 14 rings (SSSR count). The quantitative estimate of drug-likeness (QED) is 0.0943. The van der Waals surface area contributed by atoms with Crippen LogP contribution in [0.3, 0.4) is 0 Å². The molecule has 2 atom stereocenters. The minimum atomic E-state index is -0.346. The van der Waals surface area contributed by atoms with Gasteiger partial charge in [0.2, 0.25) is 23.3 Å². The first-order valence-electron chi connectivity index (χ1n) is 34.3. The minimum Gasteiger partial charge on any atom is -0.467 e. The SMILES string of the molecule is C/C=C/Cn1c(=O)c2c(nc3n(C(C)CC)c(C)c(C)n23)n(C)c1=O.CC(C)CCn1c(=O)c2c(nc3n2CCN3Cc2ccco2)n(C)c1=O.CCC(C)n1c(C)c(C)n2c3c(=O)n(CC)c(=O)n(C)c3nc12.CCn1c(=O)c2c(nc3n(-c4ccccc4C)c(C)c(C)n23)n(C)c1=O. The van der Waals surface area contributed by atoms with E-state index in [4.69, 9.17) is 4.42 Å². The monoisotopic (exact) mass is 1370 g/mol. The Hall–Kier alpha value is -10.7. The van der Waals surface area contributed by atoms with Gasteiger partial charge in [0.15, 0.2) is 44.7 Å². The summed E-state index contributed by atoms with van der Waals surface area (Å²) in [6, 6.07) is 12.4. The fraction of sp³-hybridized carbons (Fsp3) is 0.465. The molecule has 13 heterocycles. The van der Waals surface area contributed by atoms with Gasteiger partial charge >= 0.3 is 22.8 Å². The van der Waals surface area contributed by atoms with Crippen molar-refractivity contribution in [1.29, 1.82) is 0 Å². The van der Waals surface area contributed by atoms with E-state index in [9.17, 15) is 38.4 Å². The van der Waals surface area contributed by atoms with Crippen molar-refractivity contribution in [3.8, 4) is 5.69 Å². The first-order chi connectivity index (χ1) is 47.5. The summed E-state index contributed by atoms with van der Waals surface area (Å²) in [5.41, 5.74) is 9.40. The van der Waals surface area contributed by atoms with E-state index in [1.807, 2.05) is 120 Å². The second-order valence-corrected chi connectivity index (χ2v) is 26.5. The maximum atomic E-state index is 13.0. The van der Waals surface area contributed by atoms with Gasteiger partial charge in [-0.2, -0.15) is 19.9 Å². The number of nitrogens with zero attached hydrogens (tertiary/aromatic N) is 20. The number of allylic oxidation sites excluding steroid dienone is 2. The molecule has 2 unspecified atom stereocenters. The number of hydrogen-bond donors (Lipinski definition) is 0. The second kappa shape index (κ2) is 27.2. The van der Waals surface area contributed by atoms with Gasteiger partial charge in [0.1, 0.15) is 5.76 Å². The number of para-hydroxylation sites is 1. The van der Waals surface area contributed by atoms with Crippen molar-refractivity contribution in [2.45, 2.75) is 181 Å². The molecule has 0 spiro atoms. The predicted molar refractivity (Wildman–Crippen MR) is 390 cm³/mol. The molecule has 0 bridgehead atoms. The van der Waals surface area contributed by atoms with Crippen LogP contribution in [0, 0.1) is 54.4 Å². The van der Waals surface area contributed by atoms with E-state index in [-0.39, 0.29) is 63.6 Å². The maximum Gasteiger partial charge on any atom is 0.332 e. The second-order valence-electron chi connectivity index (χ2n) is 26.5. The van der Waals surface area contributed by atoms with Crippen LogP contribution in [-0.2, 0) is 67.5 Å². The van der Waals surface area contributed by atoms with Gasteiger partial charge in [-0.1, -0.05) is 58.0 Å². The van der Waals surface area contributed by atoms with E-state index in [0.717, 1.165) is 88.5 Å². The highest BCUT2D eigenvalue weighted by Crippen LogP contribution is 2.30. The Labute approximate surface area is 574 Å². The first-order valence-corrected chi connectivity index (χ1v) is 34.3. The number of anilines is 1. The molecule has 0 amide bonds. The lowest BCUT2D eigenvalue weighted by Crippen LogP contribution is -2.40. The lowest BCUT2D eigenvalue weighted by Gasteiger charge is -2.13. The first kappa shape index (κ1) is 70.6. The number of hydrogen-bond acceptors (Lipinski definition) is 14. The van der Waals surface area contributed by atoms with Crippen molar-refractivity contribution >= 4 is 67.9 Å². The summed E-state index contributed by atoms with van der Waals surface area (Å²) in [5.74, 6) is 4.06. The Morgan fingerprint density at radius 3 is 1.40 bits per heavy atom. The highest BCUT2D eigenvalue weighted by atomic mass is 16.3. The molecule has 13 aromatic rings. The van der Waals surface area contributed by atoms with Crippen LogP contribution in [0.4, 0.5) is 5.95 Å². The molecule has 0 N–H and O–H groups in total. The third-order valence-electron chi connectivity index (χ3n) is 20.2. The molecule has 1 aromatic carbocycles. The van der Waals surface area contributed by atoms with E-state index in [1.54, 1.807) is 54.4 Å². The van der Waals surface area contributed by atoms with Crippen molar-refractivity contribution in [1.82, 2.24) is 87.9 Å². The molecule has 29 heteroatoms. The number of furan rings is 1. The minimum absolute atomic E-state index is 0.248. The molecular weight excluding hydrogens is 1280 g/mol.